The number of hydrogen-bond donors (Lipinski definition) is 1. The van der Waals surface area contributed by atoms with Crippen LogP contribution in [0.15, 0.2) is 11.8 Å². The van der Waals surface area contributed by atoms with Crippen molar-refractivity contribution in [3.8, 4) is 0 Å². The molecule has 1 aliphatic rings. The molecular formula is C12H20O2. The average molecular weight is 196 g/mol. The quantitative estimate of drug-likeness (QED) is 0.555. The summed E-state index contributed by atoms with van der Waals surface area (Å²) in [6, 6.07) is 0. The van der Waals surface area contributed by atoms with Crippen LogP contribution in [-0.4, -0.2) is 10.9 Å². The highest BCUT2D eigenvalue weighted by molar-refractivity contribution is 5.87. The van der Waals surface area contributed by atoms with Crippen LogP contribution in [0.4, 0.5) is 0 Å². The standard InChI is InChI=1S/C12H20O2/c1-3-12(7-5-4-6-8-12)11(14)9-10(2)13/h9,14H,3-8H2,1-2H3. The van der Waals surface area contributed by atoms with Crippen molar-refractivity contribution in [1.29, 1.82) is 0 Å². The average Bonchev–Trinajstić information content (AvgIpc) is 2.18. The predicted octanol–water partition coefficient (Wildman–Crippen LogP) is 3.38. The van der Waals surface area contributed by atoms with Crippen LogP contribution in [0.2, 0.25) is 0 Å². The van der Waals surface area contributed by atoms with Crippen molar-refractivity contribution in [3.05, 3.63) is 11.8 Å². The maximum Gasteiger partial charge on any atom is 0.155 e. The van der Waals surface area contributed by atoms with Crippen molar-refractivity contribution < 1.29 is 9.90 Å². The molecule has 80 valence electrons. The lowest BCUT2D eigenvalue weighted by Gasteiger charge is -2.35. The first-order valence-electron chi connectivity index (χ1n) is 5.52. The molecule has 0 aromatic heterocycles. The summed E-state index contributed by atoms with van der Waals surface area (Å²) >= 11 is 0. The lowest BCUT2D eigenvalue weighted by atomic mass is 9.70. The number of carbonyl (C=O) groups is 1. The Labute approximate surface area is 86.0 Å². The van der Waals surface area contributed by atoms with Gasteiger partial charge in [-0.25, -0.2) is 0 Å². The second-order valence-corrected chi connectivity index (χ2v) is 4.33. The Bertz CT molecular complexity index is 235. The molecule has 1 fully saturated rings. The van der Waals surface area contributed by atoms with Gasteiger partial charge in [-0.2, -0.15) is 0 Å². The van der Waals surface area contributed by atoms with Crippen molar-refractivity contribution in [1.82, 2.24) is 0 Å². The molecule has 1 rings (SSSR count). The molecule has 0 unspecified atom stereocenters. The summed E-state index contributed by atoms with van der Waals surface area (Å²) < 4.78 is 0. The SMILES string of the molecule is CCC1(C(O)=CC(C)=O)CCCCC1. The Morgan fingerprint density at radius 1 is 1.36 bits per heavy atom. The van der Waals surface area contributed by atoms with Gasteiger partial charge in [-0.3, -0.25) is 4.79 Å². The molecule has 0 radical (unpaired) electrons. The zero-order chi connectivity index (χ0) is 10.6. The van der Waals surface area contributed by atoms with Gasteiger partial charge in [0, 0.05) is 11.5 Å². The van der Waals surface area contributed by atoms with Crippen LogP contribution < -0.4 is 0 Å². The predicted molar refractivity (Wildman–Crippen MR) is 57.2 cm³/mol. The van der Waals surface area contributed by atoms with E-state index in [4.69, 9.17) is 0 Å². The zero-order valence-corrected chi connectivity index (χ0v) is 9.18. The first-order chi connectivity index (χ1) is 6.60. The Morgan fingerprint density at radius 2 is 1.93 bits per heavy atom. The number of aliphatic hydroxyl groups excluding tert-OH is 1. The fourth-order valence-electron chi connectivity index (χ4n) is 2.36. The van der Waals surface area contributed by atoms with Crippen LogP contribution in [0, 0.1) is 5.41 Å². The second-order valence-electron chi connectivity index (χ2n) is 4.33. The lowest BCUT2D eigenvalue weighted by Crippen LogP contribution is -2.26. The summed E-state index contributed by atoms with van der Waals surface area (Å²) in [5.41, 5.74) is -0.0933. The summed E-state index contributed by atoms with van der Waals surface area (Å²) in [5.74, 6) is 0.257. The van der Waals surface area contributed by atoms with Gasteiger partial charge in [0.25, 0.3) is 0 Å². The van der Waals surface area contributed by atoms with Crippen LogP contribution >= 0.6 is 0 Å². The van der Waals surface area contributed by atoms with E-state index in [2.05, 4.69) is 6.92 Å². The highest BCUT2D eigenvalue weighted by Crippen LogP contribution is 2.43. The molecule has 14 heavy (non-hydrogen) atoms. The van der Waals surface area contributed by atoms with Crippen LogP contribution in [-0.2, 0) is 4.79 Å². The van der Waals surface area contributed by atoms with Crippen LogP contribution in [0.5, 0.6) is 0 Å². The topological polar surface area (TPSA) is 37.3 Å². The van der Waals surface area contributed by atoms with Gasteiger partial charge in [0.2, 0.25) is 0 Å². The molecule has 0 aromatic rings. The molecule has 1 aliphatic carbocycles. The van der Waals surface area contributed by atoms with Gasteiger partial charge in [0.05, 0.1) is 0 Å². The van der Waals surface area contributed by atoms with E-state index in [1.54, 1.807) is 0 Å². The van der Waals surface area contributed by atoms with E-state index >= 15 is 0 Å². The summed E-state index contributed by atoms with van der Waals surface area (Å²) in [5, 5.41) is 9.94. The highest BCUT2D eigenvalue weighted by Gasteiger charge is 2.34. The molecule has 0 aromatic carbocycles. The van der Waals surface area contributed by atoms with E-state index in [1.807, 2.05) is 0 Å². The molecule has 0 bridgehead atoms. The molecule has 0 heterocycles. The minimum Gasteiger partial charge on any atom is -0.512 e. The van der Waals surface area contributed by atoms with Gasteiger partial charge >= 0.3 is 0 Å². The smallest absolute Gasteiger partial charge is 0.155 e. The fraction of sp³-hybridized carbons (Fsp3) is 0.750. The summed E-state index contributed by atoms with van der Waals surface area (Å²) in [7, 11) is 0. The molecule has 0 amide bonds. The summed E-state index contributed by atoms with van der Waals surface area (Å²) in [6.45, 7) is 3.58. The number of aliphatic hydroxyl groups is 1. The molecule has 0 atom stereocenters. The van der Waals surface area contributed by atoms with Gasteiger partial charge < -0.3 is 5.11 Å². The van der Waals surface area contributed by atoms with E-state index in [0.29, 0.717) is 5.76 Å². The summed E-state index contributed by atoms with van der Waals surface area (Å²) in [6.07, 6.45) is 7.98. The Balaban J connectivity index is 2.82. The van der Waals surface area contributed by atoms with Gasteiger partial charge in [-0.1, -0.05) is 26.2 Å². The van der Waals surface area contributed by atoms with E-state index in [0.717, 1.165) is 19.3 Å². The number of carbonyl (C=O) groups excluding carboxylic acids is 1. The van der Waals surface area contributed by atoms with Gasteiger partial charge in [-0.15, -0.1) is 0 Å². The van der Waals surface area contributed by atoms with E-state index in [-0.39, 0.29) is 11.2 Å². The number of hydrogen-bond acceptors (Lipinski definition) is 2. The van der Waals surface area contributed by atoms with Crippen molar-refractivity contribution >= 4 is 5.78 Å². The van der Waals surface area contributed by atoms with E-state index < -0.39 is 0 Å². The van der Waals surface area contributed by atoms with Gasteiger partial charge in [-0.05, 0) is 26.2 Å². The lowest BCUT2D eigenvalue weighted by molar-refractivity contribution is -0.112. The van der Waals surface area contributed by atoms with Crippen molar-refractivity contribution in [3.63, 3.8) is 0 Å². The van der Waals surface area contributed by atoms with Crippen LogP contribution in [0.25, 0.3) is 0 Å². The molecule has 2 nitrogen and oxygen atoms in total. The van der Waals surface area contributed by atoms with Gasteiger partial charge in [0.15, 0.2) is 5.78 Å². The Hall–Kier alpha value is -0.790. The largest absolute Gasteiger partial charge is 0.512 e. The zero-order valence-electron chi connectivity index (χ0n) is 9.18. The maximum atomic E-state index is 10.9. The maximum absolute atomic E-state index is 10.9. The second kappa shape index (κ2) is 4.63. The third kappa shape index (κ3) is 2.37. The molecule has 1 N–H and O–H groups in total. The van der Waals surface area contributed by atoms with Crippen molar-refractivity contribution in [2.24, 2.45) is 5.41 Å². The monoisotopic (exact) mass is 196 g/mol. The van der Waals surface area contributed by atoms with Crippen molar-refractivity contribution in [2.75, 3.05) is 0 Å². The third-order valence-electron chi connectivity index (χ3n) is 3.37. The minimum absolute atomic E-state index is 0.0547. The fourth-order valence-corrected chi connectivity index (χ4v) is 2.36. The summed E-state index contributed by atoms with van der Waals surface area (Å²) in [4.78, 5) is 10.9. The first kappa shape index (κ1) is 11.3. The van der Waals surface area contributed by atoms with Crippen molar-refractivity contribution in [2.45, 2.75) is 52.4 Å². The molecular weight excluding hydrogens is 176 g/mol. The first-order valence-corrected chi connectivity index (χ1v) is 5.52. The Morgan fingerprint density at radius 3 is 2.36 bits per heavy atom. The van der Waals surface area contributed by atoms with Gasteiger partial charge in [0.1, 0.15) is 5.76 Å². The highest BCUT2D eigenvalue weighted by atomic mass is 16.3. The molecule has 1 saturated carbocycles. The number of ketones is 1. The number of rotatable bonds is 3. The van der Waals surface area contributed by atoms with Crippen LogP contribution in [0.1, 0.15) is 52.4 Å². The Kier molecular flexibility index (Phi) is 3.73. The van der Waals surface area contributed by atoms with Crippen LogP contribution in [0.3, 0.4) is 0 Å². The minimum atomic E-state index is -0.0933. The number of allylic oxidation sites excluding steroid dienone is 2. The molecule has 0 aliphatic heterocycles. The molecule has 0 saturated heterocycles. The molecule has 2 heteroatoms. The third-order valence-corrected chi connectivity index (χ3v) is 3.37. The normalized spacial score (nSPS) is 22.0. The van der Waals surface area contributed by atoms with E-state index in [1.165, 1.54) is 32.3 Å². The molecule has 0 spiro atoms. The van der Waals surface area contributed by atoms with E-state index in [9.17, 15) is 9.90 Å².